The number of aryl methyl sites for hydroxylation is 2. The highest BCUT2D eigenvalue weighted by Gasteiger charge is 2.19. The molecular weight excluding hydrogens is 356 g/mol. The quantitative estimate of drug-likeness (QED) is 0.325. The third-order valence-electron chi connectivity index (χ3n) is 4.32. The first-order chi connectivity index (χ1) is 13.2. The van der Waals surface area contributed by atoms with E-state index < -0.39 is 6.04 Å². The first kappa shape index (κ1) is 24.1. The molecule has 0 bridgehead atoms. The van der Waals surface area contributed by atoms with Gasteiger partial charge in [-0.05, 0) is 58.9 Å². The minimum atomic E-state index is -0.399. The smallest absolute Gasteiger partial charge is 0.322 e. The van der Waals surface area contributed by atoms with Crippen molar-refractivity contribution < 1.29 is 19.1 Å². The Bertz CT molecular complexity index is 594. The number of unbranched alkanes of at least 4 members (excludes halogenated alkanes) is 1. The summed E-state index contributed by atoms with van der Waals surface area (Å²) in [7, 11) is 1.38. The summed E-state index contributed by atoms with van der Waals surface area (Å²) in [5, 5.41) is 6.03. The minimum Gasteiger partial charge on any atom is -0.468 e. The van der Waals surface area contributed by atoms with Gasteiger partial charge in [-0.3, -0.25) is 14.9 Å². The van der Waals surface area contributed by atoms with E-state index in [0.29, 0.717) is 26.1 Å². The van der Waals surface area contributed by atoms with Gasteiger partial charge in [0.2, 0.25) is 5.91 Å². The van der Waals surface area contributed by atoms with Crippen LogP contribution < -0.4 is 10.6 Å². The van der Waals surface area contributed by atoms with Crippen molar-refractivity contribution in [2.45, 2.75) is 71.4 Å². The van der Waals surface area contributed by atoms with Gasteiger partial charge in [0.15, 0.2) is 0 Å². The molecule has 1 aromatic rings. The average Bonchev–Trinajstić information content (AvgIpc) is 2.64. The topological polar surface area (TPSA) is 76.7 Å². The normalized spacial score (nSPS) is 12.5. The zero-order valence-corrected chi connectivity index (χ0v) is 18.0. The standard InChI is InChI=1S/C22H36N2O4/c1-17-9-11-18(12-10-17)13-14-20(25)23-15-7-6-8-19(21(26)27-5)24-16-28-22(2,3)4/h9-12,19,24H,6-8,13-16H2,1-5H3,(H,23,25). The van der Waals surface area contributed by atoms with Gasteiger partial charge in [0.25, 0.3) is 0 Å². The van der Waals surface area contributed by atoms with E-state index in [1.165, 1.54) is 18.2 Å². The van der Waals surface area contributed by atoms with Crippen molar-refractivity contribution in [1.82, 2.24) is 10.6 Å². The molecule has 0 aliphatic heterocycles. The highest BCUT2D eigenvalue weighted by atomic mass is 16.5. The van der Waals surface area contributed by atoms with E-state index in [9.17, 15) is 9.59 Å². The molecule has 1 rings (SSSR count). The molecule has 1 atom stereocenters. The fourth-order valence-corrected chi connectivity index (χ4v) is 2.61. The van der Waals surface area contributed by atoms with Crippen LogP contribution in [0.5, 0.6) is 0 Å². The van der Waals surface area contributed by atoms with E-state index in [4.69, 9.17) is 9.47 Å². The summed E-state index contributed by atoms with van der Waals surface area (Å²) in [5.41, 5.74) is 2.12. The van der Waals surface area contributed by atoms with E-state index in [-0.39, 0.29) is 17.5 Å². The number of esters is 1. The van der Waals surface area contributed by atoms with Crippen molar-refractivity contribution in [1.29, 1.82) is 0 Å². The molecule has 1 unspecified atom stereocenters. The van der Waals surface area contributed by atoms with Crippen LogP contribution in [-0.2, 0) is 25.5 Å². The fraction of sp³-hybridized carbons (Fsp3) is 0.636. The van der Waals surface area contributed by atoms with E-state index in [0.717, 1.165) is 19.3 Å². The van der Waals surface area contributed by atoms with Crippen LogP contribution in [0.4, 0.5) is 0 Å². The summed E-state index contributed by atoms with van der Waals surface area (Å²) >= 11 is 0. The van der Waals surface area contributed by atoms with Gasteiger partial charge in [0.1, 0.15) is 6.04 Å². The molecule has 1 aromatic carbocycles. The molecule has 0 fully saturated rings. The molecule has 0 aliphatic rings. The van der Waals surface area contributed by atoms with Crippen LogP contribution >= 0.6 is 0 Å². The number of rotatable bonds is 12. The minimum absolute atomic E-state index is 0.0572. The Labute approximate surface area is 169 Å². The van der Waals surface area contributed by atoms with Crippen LogP contribution in [0.25, 0.3) is 0 Å². The van der Waals surface area contributed by atoms with Crippen LogP contribution in [0.15, 0.2) is 24.3 Å². The number of hydrogen-bond donors (Lipinski definition) is 2. The molecule has 0 aliphatic carbocycles. The Morgan fingerprint density at radius 1 is 1.11 bits per heavy atom. The lowest BCUT2D eigenvalue weighted by molar-refractivity contribution is -0.144. The molecule has 6 nitrogen and oxygen atoms in total. The van der Waals surface area contributed by atoms with Gasteiger partial charge in [-0.25, -0.2) is 0 Å². The molecular formula is C22H36N2O4. The molecule has 6 heteroatoms. The van der Waals surface area contributed by atoms with E-state index in [1.807, 2.05) is 27.7 Å². The van der Waals surface area contributed by atoms with Gasteiger partial charge < -0.3 is 14.8 Å². The van der Waals surface area contributed by atoms with Crippen LogP contribution in [0.1, 0.15) is 57.6 Å². The molecule has 0 spiro atoms. The molecule has 0 saturated heterocycles. The van der Waals surface area contributed by atoms with E-state index in [1.54, 1.807) is 0 Å². The zero-order chi connectivity index (χ0) is 21.0. The summed E-state index contributed by atoms with van der Waals surface area (Å²) < 4.78 is 10.5. The Balaban J connectivity index is 2.20. The third kappa shape index (κ3) is 11.0. The number of benzene rings is 1. The maximum atomic E-state index is 12.0. The first-order valence-electron chi connectivity index (χ1n) is 9.98. The van der Waals surface area contributed by atoms with Crippen LogP contribution in [0, 0.1) is 6.92 Å². The second kappa shape index (κ2) is 12.5. The SMILES string of the molecule is COC(=O)C(CCCCNC(=O)CCc1ccc(C)cc1)NCOC(C)(C)C. The van der Waals surface area contributed by atoms with E-state index >= 15 is 0 Å². The highest BCUT2D eigenvalue weighted by molar-refractivity contribution is 5.76. The highest BCUT2D eigenvalue weighted by Crippen LogP contribution is 2.08. The predicted octanol–water partition coefficient (Wildman–Crippen LogP) is 3.12. The number of ether oxygens (including phenoxy) is 2. The zero-order valence-electron chi connectivity index (χ0n) is 18.0. The summed E-state index contributed by atoms with van der Waals surface area (Å²) in [4.78, 5) is 23.8. The maximum Gasteiger partial charge on any atom is 0.322 e. The molecule has 0 radical (unpaired) electrons. The summed E-state index contributed by atoms with van der Waals surface area (Å²) in [5.74, 6) is -0.235. The van der Waals surface area contributed by atoms with Crippen molar-refractivity contribution in [3.8, 4) is 0 Å². The predicted molar refractivity (Wildman–Crippen MR) is 111 cm³/mol. The van der Waals surface area contributed by atoms with Gasteiger partial charge >= 0.3 is 5.97 Å². The molecule has 28 heavy (non-hydrogen) atoms. The number of carbonyl (C=O) groups is 2. The van der Waals surface area contributed by atoms with Crippen molar-refractivity contribution in [3.05, 3.63) is 35.4 Å². The Kier molecular flexibility index (Phi) is 10.8. The molecule has 1 amide bonds. The molecule has 0 heterocycles. The van der Waals surface area contributed by atoms with Gasteiger partial charge in [-0.2, -0.15) is 0 Å². The first-order valence-corrected chi connectivity index (χ1v) is 9.98. The number of carbonyl (C=O) groups excluding carboxylic acids is 2. The number of methoxy groups -OCH3 is 1. The molecule has 2 N–H and O–H groups in total. The van der Waals surface area contributed by atoms with E-state index in [2.05, 4.69) is 34.9 Å². The summed E-state index contributed by atoms with van der Waals surface area (Å²) in [6, 6.07) is 7.85. The Morgan fingerprint density at radius 2 is 1.79 bits per heavy atom. The average molecular weight is 393 g/mol. The second-order valence-corrected chi connectivity index (χ2v) is 8.01. The van der Waals surface area contributed by atoms with Gasteiger partial charge in [0, 0.05) is 13.0 Å². The number of hydrogen-bond acceptors (Lipinski definition) is 5. The largest absolute Gasteiger partial charge is 0.468 e. The maximum absolute atomic E-state index is 12.0. The van der Waals surface area contributed by atoms with Crippen LogP contribution in [-0.4, -0.2) is 43.9 Å². The number of amides is 1. The van der Waals surface area contributed by atoms with Gasteiger partial charge in [-0.1, -0.05) is 29.8 Å². The molecule has 0 saturated carbocycles. The fourth-order valence-electron chi connectivity index (χ4n) is 2.61. The summed E-state index contributed by atoms with van der Waals surface area (Å²) in [6.45, 7) is 8.84. The second-order valence-electron chi connectivity index (χ2n) is 8.01. The van der Waals surface area contributed by atoms with Gasteiger partial charge in [-0.15, -0.1) is 0 Å². The van der Waals surface area contributed by atoms with Crippen LogP contribution in [0.3, 0.4) is 0 Å². The summed E-state index contributed by atoms with van der Waals surface area (Å²) in [6.07, 6.45) is 3.49. The number of nitrogens with one attached hydrogen (secondary N) is 2. The molecule has 158 valence electrons. The lowest BCUT2D eigenvalue weighted by Gasteiger charge is -2.22. The third-order valence-corrected chi connectivity index (χ3v) is 4.32. The lowest BCUT2D eigenvalue weighted by atomic mass is 10.1. The monoisotopic (exact) mass is 392 g/mol. The van der Waals surface area contributed by atoms with Crippen LogP contribution in [0.2, 0.25) is 0 Å². The lowest BCUT2D eigenvalue weighted by Crippen LogP contribution is -2.41. The Morgan fingerprint density at radius 3 is 2.39 bits per heavy atom. The van der Waals surface area contributed by atoms with Crippen molar-refractivity contribution in [3.63, 3.8) is 0 Å². The van der Waals surface area contributed by atoms with Crippen molar-refractivity contribution in [2.75, 3.05) is 20.4 Å². The van der Waals surface area contributed by atoms with Gasteiger partial charge in [0.05, 0.1) is 19.4 Å². The molecule has 0 aromatic heterocycles. The van der Waals surface area contributed by atoms with Crippen molar-refractivity contribution in [2.24, 2.45) is 0 Å². The van der Waals surface area contributed by atoms with Crippen molar-refractivity contribution >= 4 is 11.9 Å². The Hall–Kier alpha value is -1.92.